The van der Waals surface area contributed by atoms with Gasteiger partial charge in [-0.2, -0.15) is 0 Å². The second kappa shape index (κ2) is 6.56. The number of hydrogen-bond donors (Lipinski definition) is 2. The lowest BCUT2D eigenvalue weighted by Gasteiger charge is -2.08. The molecule has 0 aromatic heterocycles. The maximum absolute atomic E-state index is 11.8. The Morgan fingerprint density at radius 1 is 1.14 bits per heavy atom. The van der Waals surface area contributed by atoms with Crippen LogP contribution >= 0.6 is 0 Å². The fourth-order valence-electron chi connectivity index (χ4n) is 1.81. The van der Waals surface area contributed by atoms with Crippen LogP contribution in [0.1, 0.15) is 15.9 Å². The number of carbonyl (C=O) groups is 2. The number of nitrogen functional groups attached to an aromatic ring is 1. The first-order valence-corrected chi connectivity index (χ1v) is 6.44. The van der Waals surface area contributed by atoms with E-state index in [1.807, 2.05) is 25.1 Å². The van der Waals surface area contributed by atoms with Gasteiger partial charge in [0.1, 0.15) is 0 Å². The number of carbonyl (C=O) groups excluding carboxylic acids is 2. The van der Waals surface area contributed by atoms with Crippen LogP contribution in [0.4, 0.5) is 11.4 Å². The van der Waals surface area contributed by atoms with Crippen LogP contribution in [0.5, 0.6) is 0 Å². The topological polar surface area (TPSA) is 81.4 Å². The van der Waals surface area contributed by atoms with E-state index in [-0.39, 0.29) is 12.2 Å². The fourth-order valence-corrected chi connectivity index (χ4v) is 1.81. The van der Waals surface area contributed by atoms with Crippen molar-refractivity contribution in [1.29, 1.82) is 0 Å². The van der Waals surface area contributed by atoms with E-state index in [0.29, 0.717) is 11.4 Å². The van der Waals surface area contributed by atoms with Crippen LogP contribution in [0.15, 0.2) is 48.5 Å². The predicted octanol–water partition coefficient (Wildman–Crippen LogP) is 2.37. The molecule has 0 unspecified atom stereocenters. The lowest BCUT2D eigenvalue weighted by molar-refractivity contribution is -0.119. The first-order chi connectivity index (χ1) is 10.1. The highest BCUT2D eigenvalue weighted by Gasteiger charge is 2.12. The second-order valence-electron chi connectivity index (χ2n) is 4.58. The van der Waals surface area contributed by atoms with Crippen LogP contribution in [-0.4, -0.2) is 18.5 Å². The van der Waals surface area contributed by atoms with Crippen LogP contribution in [0.25, 0.3) is 0 Å². The molecule has 0 aliphatic heterocycles. The summed E-state index contributed by atoms with van der Waals surface area (Å²) in [6.45, 7) is 1.56. The highest BCUT2D eigenvalue weighted by atomic mass is 16.5. The Bertz CT molecular complexity index is 668. The molecule has 21 heavy (non-hydrogen) atoms. The molecule has 5 nitrogen and oxygen atoms in total. The van der Waals surface area contributed by atoms with Gasteiger partial charge in [0.25, 0.3) is 5.91 Å². The first-order valence-electron chi connectivity index (χ1n) is 6.44. The van der Waals surface area contributed by atoms with Crippen molar-refractivity contribution in [2.45, 2.75) is 6.92 Å². The molecule has 2 rings (SSSR count). The Morgan fingerprint density at radius 3 is 2.62 bits per heavy atom. The van der Waals surface area contributed by atoms with Gasteiger partial charge in [0.05, 0.1) is 5.56 Å². The van der Waals surface area contributed by atoms with Gasteiger partial charge in [0.15, 0.2) is 6.61 Å². The Morgan fingerprint density at radius 2 is 1.90 bits per heavy atom. The summed E-state index contributed by atoms with van der Waals surface area (Å²) in [5, 5.41) is 2.66. The molecule has 2 aromatic carbocycles. The minimum Gasteiger partial charge on any atom is -0.452 e. The number of aryl methyl sites for hydroxylation is 1. The zero-order valence-electron chi connectivity index (χ0n) is 11.6. The number of nitrogens with two attached hydrogens (primary N) is 1. The molecule has 0 radical (unpaired) electrons. The lowest BCUT2D eigenvalue weighted by Crippen LogP contribution is -2.21. The van der Waals surface area contributed by atoms with Crippen LogP contribution in [0, 0.1) is 6.92 Å². The van der Waals surface area contributed by atoms with Gasteiger partial charge < -0.3 is 15.8 Å². The van der Waals surface area contributed by atoms with Crippen molar-refractivity contribution in [3.8, 4) is 0 Å². The molecule has 5 heteroatoms. The minimum absolute atomic E-state index is 0.251. The summed E-state index contributed by atoms with van der Waals surface area (Å²) in [7, 11) is 0. The molecule has 0 atom stereocenters. The molecule has 0 bridgehead atoms. The number of para-hydroxylation sites is 1. The number of benzene rings is 2. The minimum atomic E-state index is -0.618. The molecule has 108 valence electrons. The third-order valence-electron chi connectivity index (χ3n) is 2.82. The van der Waals surface area contributed by atoms with E-state index >= 15 is 0 Å². The average Bonchev–Trinajstić information content (AvgIpc) is 2.45. The molecule has 0 fully saturated rings. The fraction of sp³-hybridized carbons (Fsp3) is 0.125. The van der Waals surface area contributed by atoms with Gasteiger partial charge in [-0.15, -0.1) is 0 Å². The lowest BCUT2D eigenvalue weighted by atomic mass is 10.2. The maximum Gasteiger partial charge on any atom is 0.340 e. The van der Waals surface area contributed by atoms with Gasteiger partial charge in [-0.25, -0.2) is 4.79 Å². The smallest absolute Gasteiger partial charge is 0.340 e. The highest BCUT2D eigenvalue weighted by Crippen LogP contribution is 2.12. The molecule has 0 saturated heterocycles. The van der Waals surface area contributed by atoms with E-state index in [0.717, 1.165) is 5.56 Å². The second-order valence-corrected chi connectivity index (χ2v) is 4.58. The van der Waals surface area contributed by atoms with Crippen molar-refractivity contribution in [3.63, 3.8) is 0 Å². The summed E-state index contributed by atoms with van der Waals surface area (Å²) in [6, 6.07) is 13.9. The molecule has 0 aliphatic rings. The number of amides is 1. The quantitative estimate of drug-likeness (QED) is 0.667. The van der Waals surface area contributed by atoms with Gasteiger partial charge in [-0.3, -0.25) is 4.79 Å². The summed E-state index contributed by atoms with van der Waals surface area (Å²) < 4.78 is 4.94. The summed E-state index contributed by atoms with van der Waals surface area (Å²) >= 11 is 0. The number of ether oxygens (including phenoxy) is 1. The van der Waals surface area contributed by atoms with Gasteiger partial charge in [-0.05, 0) is 36.8 Å². The summed E-state index contributed by atoms with van der Waals surface area (Å²) in [5.74, 6) is -1.02. The maximum atomic E-state index is 11.8. The van der Waals surface area contributed by atoms with Gasteiger partial charge >= 0.3 is 5.97 Å². The Hall–Kier alpha value is -2.82. The number of nitrogens with one attached hydrogen (secondary N) is 1. The van der Waals surface area contributed by atoms with E-state index in [2.05, 4.69) is 5.32 Å². The van der Waals surface area contributed by atoms with E-state index in [9.17, 15) is 9.59 Å². The monoisotopic (exact) mass is 284 g/mol. The van der Waals surface area contributed by atoms with Crippen molar-refractivity contribution in [2.24, 2.45) is 0 Å². The third-order valence-corrected chi connectivity index (χ3v) is 2.82. The normalized spacial score (nSPS) is 9.95. The standard InChI is InChI=1S/C16H16N2O3/c1-11-5-4-6-12(9-11)18-15(19)10-21-16(20)13-7-2-3-8-14(13)17/h2-9H,10,17H2,1H3,(H,18,19). The average molecular weight is 284 g/mol. The Kier molecular flexibility index (Phi) is 4.56. The van der Waals surface area contributed by atoms with Crippen LogP contribution in [0.3, 0.4) is 0 Å². The largest absolute Gasteiger partial charge is 0.452 e. The van der Waals surface area contributed by atoms with E-state index in [1.54, 1.807) is 30.3 Å². The molecule has 3 N–H and O–H groups in total. The van der Waals surface area contributed by atoms with Crippen molar-refractivity contribution in [3.05, 3.63) is 59.7 Å². The van der Waals surface area contributed by atoms with E-state index in [1.165, 1.54) is 0 Å². The molecule has 0 aliphatic carbocycles. The van der Waals surface area contributed by atoms with Gasteiger partial charge in [0.2, 0.25) is 0 Å². The zero-order valence-corrected chi connectivity index (χ0v) is 11.6. The Balaban J connectivity index is 1.90. The summed E-state index contributed by atoms with van der Waals surface area (Å²) in [6.07, 6.45) is 0. The van der Waals surface area contributed by atoms with Crippen LogP contribution < -0.4 is 11.1 Å². The van der Waals surface area contributed by atoms with Gasteiger partial charge in [-0.1, -0.05) is 24.3 Å². The number of rotatable bonds is 4. The Labute approximate surface area is 122 Å². The molecular formula is C16H16N2O3. The molecule has 0 heterocycles. The summed E-state index contributed by atoms with van der Waals surface area (Å²) in [4.78, 5) is 23.5. The van der Waals surface area contributed by atoms with Crippen LogP contribution in [0.2, 0.25) is 0 Å². The molecular weight excluding hydrogens is 268 g/mol. The molecule has 1 amide bonds. The first kappa shape index (κ1) is 14.6. The third kappa shape index (κ3) is 4.07. The van der Waals surface area contributed by atoms with E-state index < -0.39 is 11.9 Å². The molecule has 0 spiro atoms. The number of hydrogen-bond acceptors (Lipinski definition) is 4. The number of esters is 1. The zero-order chi connectivity index (χ0) is 15.2. The van der Waals surface area contributed by atoms with Crippen molar-refractivity contribution in [1.82, 2.24) is 0 Å². The molecule has 0 saturated carbocycles. The van der Waals surface area contributed by atoms with Gasteiger partial charge in [0, 0.05) is 11.4 Å². The summed E-state index contributed by atoms with van der Waals surface area (Å²) in [5.41, 5.74) is 7.93. The van der Waals surface area contributed by atoms with Crippen LogP contribution in [-0.2, 0) is 9.53 Å². The SMILES string of the molecule is Cc1cccc(NC(=O)COC(=O)c2ccccc2N)c1. The number of anilines is 2. The van der Waals surface area contributed by atoms with Crippen molar-refractivity contribution < 1.29 is 14.3 Å². The molecule has 2 aromatic rings. The van der Waals surface area contributed by atoms with Crippen molar-refractivity contribution >= 4 is 23.3 Å². The highest BCUT2D eigenvalue weighted by molar-refractivity contribution is 5.98. The van der Waals surface area contributed by atoms with E-state index in [4.69, 9.17) is 10.5 Å². The van der Waals surface area contributed by atoms with Crippen molar-refractivity contribution in [2.75, 3.05) is 17.7 Å². The predicted molar refractivity (Wildman–Crippen MR) is 80.9 cm³/mol.